The van der Waals surface area contributed by atoms with E-state index in [1.807, 2.05) is 12.2 Å². The first kappa shape index (κ1) is 35.1. The molecular weight excluding hydrogens is 714 g/mol. The maximum Gasteiger partial charge on any atom is 0.243 e. The van der Waals surface area contributed by atoms with Gasteiger partial charge in [0.1, 0.15) is 49.3 Å². The number of thiol groups is 2. The van der Waals surface area contributed by atoms with Crippen molar-refractivity contribution in [2.24, 2.45) is 0 Å². The second-order valence-electron chi connectivity index (χ2n) is 10.5. The molecule has 6 rings (SSSR count). The van der Waals surface area contributed by atoms with Gasteiger partial charge in [0.2, 0.25) is 14.5 Å². The molecule has 0 amide bonds. The van der Waals surface area contributed by atoms with Crippen LogP contribution in [0.25, 0.3) is 22.3 Å². The minimum Gasteiger partial charge on any atom is -0.394 e. The van der Waals surface area contributed by atoms with Crippen LogP contribution < -0.4 is 10.6 Å². The summed E-state index contributed by atoms with van der Waals surface area (Å²) in [5.41, 5.74) is 1.53. The number of aromatic nitrogens is 8. The van der Waals surface area contributed by atoms with Crippen LogP contribution in [0.1, 0.15) is 12.5 Å². The maximum absolute atomic E-state index is 11.7. The molecule has 6 heterocycles. The van der Waals surface area contributed by atoms with Gasteiger partial charge in [-0.1, -0.05) is 36.6 Å². The molecule has 2 aliphatic heterocycles. The minimum atomic E-state index is -2.74. The Morgan fingerprint density at radius 1 is 0.750 bits per heavy atom. The summed E-state index contributed by atoms with van der Waals surface area (Å²) < 4.78 is 48.3. The smallest absolute Gasteiger partial charge is 0.243 e. The predicted molar refractivity (Wildman–Crippen MR) is 176 cm³/mol. The van der Waals surface area contributed by atoms with Gasteiger partial charge >= 0.3 is 0 Å². The Morgan fingerprint density at radius 2 is 1.25 bits per heavy atom. The summed E-state index contributed by atoms with van der Waals surface area (Å²) in [7, 11) is -5.45. The van der Waals surface area contributed by atoms with Crippen molar-refractivity contribution < 1.29 is 48.1 Å². The zero-order valence-corrected chi connectivity index (χ0v) is 28.4. The van der Waals surface area contributed by atoms with Gasteiger partial charge in [-0.2, -0.15) is 0 Å². The molecule has 0 aromatic carbocycles. The fourth-order valence-corrected chi connectivity index (χ4v) is 7.25. The van der Waals surface area contributed by atoms with Crippen molar-refractivity contribution in [3.63, 3.8) is 0 Å². The van der Waals surface area contributed by atoms with Crippen LogP contribution in [-0.2, 0) is 27.7 Å². The van der Waals surface area contributed by atoms with E-state index in [1.165, 1.54) is 34.4 Å². The molecule has 2 fully saturated rings. The van der Waals surface area contributed by atoms with Crippen molar-refractivity contribution in [1.29, 1.82) is 0 Å². The summed E-state index contributed by atoms with van der Waals surface area (Å²) >= 11 is 7.59. The second kappa shape index (κ2) is 15.4. The lowest BCUT2D eigenvalue weighted by molar-refractivity contribution is -0.0502. The fraction of sp³-hybridized carbons (Fsp3) is 0.500. The molecule has 0 spiro atoms. The third kappa shape index (κ3) is 7.11. The van der Waals surface area contributed by atoms with Crippen LogP contribution in [-0.4, -0.2) is 122 Å². The van der Waals surface area contributed by atoms with E-state index in [9.17, 15) is 29.6 Å². The van der Waals surface area contributed by atoms with E-state index in [-0.39, 0.29) is 0 Å². The first-order valence-electron chi connectivity index (χ1n) is 14.4. The molecular formula is C24H32N10O10P2S2. The molecule has 10 atom stereocenters. The Balaban J connectivity index is 1.08. The summed E-state index contributed by atoms with van der Waals surface area (Å²) in [6.45, 7) is -0.224. The molecule has 6 N–H and O–H groups in total. The van der Waals surface area contributed by atoms with E-state index in [4.69, 9.17) is 18.5 Å². The summed E-state index contributed by atoms with van der Waals surface area (Å²) in [6.07, 6.45) is 0.673. The van der Waals surface area contributed by atoms with Crippen LogP contribution >= 0.6 is 39.0 Å². The topological polar surface area (TPSA) is 263 Å². The summed E-state index contributed by atoms with van der Waals surface area (Å²) in [4.78, 5) is 25.8. The Kier molecular flexibility index (Phi) is 11.3. The van der Waals surface area contributed by atoms with E-state index in [0.717, 1.165) is 0 Å². The standard InChI is InChI=1S/C24H32N10O10P2S2/c35-5-11-15(37)18(44-46(40)48)24(41-11)34-10-32-14-20(28-8-30-22(14)34)26-4-2-1-3-25-19-13-21(29-7-27-19)33(9-31-13)23-16(38)17(43-45(39)47)12(6-36)42-23/h1-2,7-12,15-18,23-24,35-38,45-46H,3-6H2,(H,39,47)(H,40,48)(H,25,27,29)(H,26,28,30)/b2-1+/t11-,12?,15-,16-,17-,18-,23-,24?/m1/s1. The highest BCUT2D eigenvalue weighted by atomic mass is 32.7. The van der Waals surface area contributed by atoms with Crippen molar-refractivity contribution in [2.45, 2.75) is 49.1 Å². The van der Waals surface area contributed by atoms with Gasteiger partial charge in [0, 0.05) is 13.1 Å². The SMILES string of the molecule is O=[PH](S)O[C@@H]1C(CO)O[C@@H](n2cnc3c(NC/C=C/CNc4ncnc5c4ncn5C4O[C@H](CO)[C@@H](O)[C@H]4O[PH](=O)S)ncnc32)[C@@H]1O. The molecule has 2 aliphatic rings. The van der Waals surface area contributed by atoms with Crippen LogP contribution in [0.3, 0.4) is 0 Å². The van der Waals surface area contributed by atoms with Crippen molar-refractivity contribution in [3.05, 3.63) is 37.5 Å². The summed E-state index contributed by atoms with van der Waals surface area (Å²) in [5.74, 6) is 0.845. The number of hydrogen-bond acceptors (Lipinski definition) is 18. The third-order valence-electron chi connectivity index (χ3n) is 7.66. The second-order valence-corrected chi connectivity index (χ2v) is 14.2. The van der Waals surface area contributed by atoms with Crippen molar-refractivity contribution >= 4 is 72.9 Å². The molecule has 4 unspecified atom stereocenters. The quantitative estimate of drug-likeness (QED) is 0.0478. The summed E-state index contributed by atoms with van der Waals surface area (Å²) in [6, 6.07) is 0. The first-order chi connectivity index (χ1) is 23.2. The third-order valence-corrected chi connectivity index (χ3v) is 9.24. The number of aliphatic hydroxyl groups excluding tert-OH is 4. The molecule has 0 aliphatic carbocycles. The van der Waals surface area contributed by atoms with Crippen molar-refractivity contribution in [2.75, 3.05) is 36.9 Å². The largest absolute Gasteiger partial charge is 0.394 e. The predicted octanol–water partition coefficient (Wildman–Crippen LogP) is -0.0432. The highest BCUT2D eigenvalue weighted by molar-refractivity contribution is 8.39. The molecule has 4 aromatic heterocycles. The zero-order chi connectivity index (χ0) is 33.9. The molecule has 20 nitrogen and oxygen atoms in total. The van der Waals surface area contributed by atoms with Crippen LogP contribution in [0.15, 0.2) is 37.5 Å². The van der Waals surface area contributed by atoms with E-state index >= 15 is 0 Å². The maximum atomic E-state index is 11.7. The van der Waals surface area contributed by atoms with Gasteiger partial charge in [0.15, 0.2) is 46.4 Å². The van der Waals surface area contributed by atoms with Crippen molar-refractivity contribution in [3.8, 4) is 0 Å². The van der Waals surface area contributed by atoms with Gasteiger partial charge in [-0.3, -0.25) is 18.3 Å². The average Bonchev–Trinajstić information content (AvgIpc) is 3.83. The van der Waals surface area contributed by atoms with Gasteiger partial charge in [-0.25, -0.2) is 29.9 Å². The molecule has 48 heavy (non-hydrogen) atoms. The number of nitrogens with zero attached hydrogens (tertiary/aromatic N) is 8. The molecule has 0 radical (unpaired) electrons. The van der Waals surface area contributed by atoms with Gasteiger partial charge < -0.3 is 49.6 Å². The first-order valence-corrected chi connectivity index (χ1v) is 19.6. The Hall–Kier alpha value is -2.72. The van der Waals surface area contributed by atoms with E-state index in [1.54, 1.807) is 0 Å². The van der Waals surface area contributed by atoms with E-state index < -0.39 is 76.8 Å². The van der Waals surface area contributed by atoms with Gasteiger partial charge in [0.25, 0.3) is 0 Å². The number of nitrogens with one attached hydrogen (secondary N) is 2. The van der Waals surface area contributed by atoms with Crippen molar-refractivity contribution in [1.82, 2.24) is 39.0 Å². The van der Waals surface area contributed by atoms with Gasteiger partial charge in [-0.05, 0) is 0 Å². The number of imidazole rings is 2. The Labute approximate surface area is 283 Å². The Bertz CT molecular complexity index is 1820. The van der Waals surface area contributed by atoms with Gasteiger partial charge in [-0.15, -0.1) is 0 Å². The molecule has 0 bridgehead atoms. The van der Waals surface area contributed by atoms with Gasteiger partial charge in [0.05, 0.1) is 25.9 Å². The number of hydrogen-bond donors (Lipinski definition) is 8. The Morgan fingerprint density at radius 3 is 1.77 bits per heavy atom. The highest BCUT2D eigenvalue weighted by Crippen LogP contribution is 2.42. The highest BCUT2D eigenvalue weighted by Gasteiger charge is 2.47. The van der Waals surface area contributed by atoms with Crippen LogP contribution in [0.2, 0.25) is 0 Å². The average molecular weight is 747 g/mol. The number of fused-ring (bicyclic) bond motifs is 2. The monoisotopic (exact) mass is 746 g/mol. The normalized spacial score (nSPS) is 28.9. The number of aliphatic hydroxyl groups is 4. The lowest BCUT2D eigenvalue weighted by Crippen LogP contribution is -2.34. The molecule has 4 aromatic rings. The van der Waals surface area contributed by atoms with Crippen LogP contribution in [0.5, 0.6) is 0 Å². The summed E-state index contributed by atoms with van der Waals surface area (Å²) in [5, 5.41) is 46.9. The molecule has 24 heteroatoms. The number of rotatable bonds is 14. The van der Waals surface area contributed by atoms with E-state index in [2.05, 4.69) is 65.0 Å². The molecule has 2 saturated heterocycles. The molecule has 260 valence electrons. The lowest BCUT2D eigenvalue weighted by atomic mass is 10.1. The van der Waals surface area contributed by atoms with Crippen LogP contribution in [0, 0.1) is 0 Å². The number of anilines is 2. The minimum absolute atomic E-state index is 0.354. The number of ether oxygens (including phenoxy) is 2. The molecule has 0 saturated carbocycles. The van der Waals surface area contributed by atoms with E-state index in [0.29, 0.717) is 47.1 Å². The van der Waals surface area contributed by atoms with Crippen LogP contribution in [0.4, 0.5) is 11.6 Å². The fourth-order valence-electron chi connectivity index (χ4n) is 5.51. The zero-order valence-electron chi connectivity index (χ0n) is 24.6. The lowest BCUT2D eigenvalue weighted by Gasteiger charge is -2.20.